The SMILES string of the molecule is Cc1cc(/C=C2\SC(=O)N(CC(=O)N3CCc4ccccc4C3)C2=O)c(C)n1-c1ccc(OCc2ccccc2Cl)cc1. The van der Waals surface area contributed by atoms with E-state index in [0.717, 1.165) is 62.6 Å². The minimum absolute atomic E-state index is 0.226. The number of ether oxygens (including phenoxy) is 1. The van der Waals surface area contributed by atoms with Crippen LogP contribution in [0.15, 0.2) is 83.8 Å². The first kappa shape index (κ1) is 28.8. The molecule has 43 heavy (non-hydrogen) atoms. The van der Waals surface area contributed by atoms with Gasteiger partial charge in [0.15, 0.2) is 0 Å². The van der Waals surface area contributed by atoms with Crippen molar-refractivity contribution in [3.63, 3.8) is 0 Å². The van der Waals surface area contributed by atoms with Crippen LogP contribution in [0.5, 0.6) is 5.75 Å². The molecule has 4 aromatic rings. The first-order valence-corrected chi connectivity index (χ1v) is 15.2. The molecule has 1 aromatic heterocycles. The maximum Gasteiger partial charge on any atom is 0.294 e. The summed E-state index contributed by atoms with van der Waals surface area (Å²) < 4.78 is 8.01. The van der Waals surface area contributed by atoms with E-state index in [1.54, 1.807) is 11.0 Å². The van der Waals surface area contributed by atoms with Crippen molar-refractivity contribution in [3.05, 3.63) is 122 Å². The van der Waals surface area contributed by atoms with Gasteiger partial charge < -0.3 is 14.2 Å². The molecule has 2 aliphatic rings. The number of amides is 3. The average molecular weight is 612 g/mol. The molecule has 3 heterocycles. The standard InChI is InChI=1S/C34H30ClN3O4S/c1-22-17-27(23(2)38(22)28-11-13-29(14-12-28)42-21-26-9-5-6-10-30(26)35)18-31-33(40)37(34(41)43-31)20-32(39)36-16-15-24-7-3-4-8-25(24)19-36/h3-14,17-18H,15-16,19-21H2,1-2H3/b31-18-. The Bertz CT molecular complexity index is 1760. The smallest absolute Gasteiger partial charge is 0.294 e. The van der Waals surface area contributed by atoms with Gasteiger partial charge in [0, 0.05) is 40.8 Å². The fourth-order valence-electron chi connectivity index (χ4n) is 5.52. The number of hydrogen-bond donors (Lipinski definition) is 0. The third kappa shape index (κ3) is 5.98. The quantitative estimate of drug-likeness (QED) is 0.212. The Labute approximate surface area is 259 Å². The molecule has 3 aromatic carbocycles. The lowest BCUT2D eigenvalue weighted by Crippen LogP contribution is -2.44. The Morgan fingerprint density at radius 1 is 0.977 bits per heavy atom. The molecule has 1 fully saturated rings. The second-order valence-corrected chi connectivity index (χ2v) is 12.0. The Morgan fingerprint density at radius 2 is 1.70 bits per heavy atom. The van der Waals surface area contributed by atoms with Gasteiger partial charge in [-0.05, 0) is 91.2 Å². The third-order valence-corrected chi connectivity index (χ3v) is 9.13. The predicted octanol–water partition coefficient (Wildman–Crippen LogP) is 6.95. The summed E-state index contributed by atoms with van der Waals surface area (Å²) in [5.74, 6) is 0.0597. The van der Waals surface area contributed by atoms with Crippen LogP contribution in [0.3, 0.4) is 0 Å². The van der Waals surface area contributed by atoms with Gasteiger partial charge in [0.05, 0.1) is 4.91 Å². The molecule has 6 rings (SSSR count). The summed E-state index contributed by atoms with van der Waals surface area (Å²) >= 11 is 7.11. The molecule has 0 saturated carbocycles. The molecule has 0 spiro atoms. The first-order valence-electron chi connectivity index (χ1n) is 14.0. The number of fused-ring (bicyclic) bond motifs is 1. The van der Waals surface area contributed by atoms with Crippen LogP contribution in [0.25, 0.3) is 11.8 Å². The highest BCUT2D eigenvalue weighted by Crippen LogP contribution is 2.34. The van der Waals surface area contributed by atoms with Crippen LogP contribution in [0.1, 0.15) is 33.6 Å². The zero-order valence-electron chi connectivity index (χ0n) is 23.9. The number of rotatable bonds is 7. The van der Waals surface area contributed by atoms with Gasteiger partial charge >= 0.3 is 0 Å². The van der Waals surface area contributed by atoms with Gasteiger partial charge in [-0.1, -0.05) is 54.1 Å². The van der Waals surface area contributed by atoms with Gasteiger partial charge in [-0.3, -0.25) is 19.3 Å². The van der Waals surface area contributed by atoms with Gasteiger partial charge in [0.25, 0.3) is 11.1 Å². The summed E-state index contributed by atoms with van der Waals surface area (Å²) in [7, 11) is 0. The van der Waals surface area contributed by atoms with Gasteiger partial charge in [0.1, 0.15) is 18.9 Å². The van der Waals surface area contributed by atoms with Crippen molar-refractivity contribution < 1.29 is 19.1 Å². The van der Waals surface area contributed by atoms with E-state index in [0.29, 0.717) is 29.6 Å². The molecule has 218 valence electrons. The van der Waals surface area contributed by atoms with Gasteiger partial charge in [-0.2, -0.15) is 0 Å². The highest BCUT2D eigenvalue weighted by Gasteiger charge is 2.37. The van der Waals surface area contributed by atoms with E-state index >= 15 is 0 Å². The van der Waals surface area contributed by atoms with E-state index < -0.39 is 11.1 Å². The number of hydrogen-bond acceptors (Lipinski definition) is 5. The van der Waals surface area contributed by atoms with Crippen molar-refractivity contribution in [2.75, 3.05) is 13.1 Å². The molecule has 9 heteroatoms. The van der Waals surface area contributed by atoms with Gasteiger partial charge in [-0.25, -0.2) is 0 Å². The number of carbonyl (C=O) groups excluding carboxylic acids is 3. The summed E-state index contributed by atoms with van der Waals surface area (Å²) in [6.45, 7) is 5.14. The van der Waals surface area contributed by atoms with Crippen molar-refractivity contribution in [1.29, 1.82) is 0 Å². The fourth-order valence-corrected chi connectivity index (χ4v) is 6.54. The van der Waals surface area contributed by atoms with Gasteiger partial charge in [0.2, 0.25) is 5.91 Å². The summed E-state index contributed by atoms with van der Waals surface area (Å²) in [5.41, 5.74) is 6.94. The number of nitrogens with zero attached hydrogens (tertiary/aromatic N) is 3. The van der Waals surface area contributed by atoms with Crippen molar-refractivity contribution in [2.45, 2.75) is 33.4 Å². The van der Waals surface area contributed by atoms with Crippen LogP contribution in [0.2, 0.25) is 5.02 Å². The molecule has 0 radical (unpaired) electrons. The Morgan fingerprint density at radius 3 is 2.47 bits per heavy atom. The number of aryl methyl sites for hydroxylation is 1. The number of thioether (sulfide) groups is 1. The van der Waals surface area contributed by atoms with E-state index in [2.05, 4.69) is 10.6 Å². The zero-order valence-corrected chi connectivity index (χ0v) is 25.5. The summed E-state index contributed by atoms with van der Waals surface area (Å²) in [6.07, 6.45) is 2.50. The van der Waals surface area contributed by atoms with E-state index in [9.17, 15) is 14.4 Å². The normalized spacial score (nSPS) is 15.7. The second-order valence-electron chi connectivity index (χ2n) is 10.6. The topological polar surface area (TPSA) is 71.9 Å². The monoisotopic (exact) mass is 611 g/mol. The van der Waals surface area contributed by atoms with Crippen molar-refractivity contribution >= 4 is 46.5 Å². The molecule has 0 aliphatic carbocycles. The van der Waals surface area contributed by atoms with Crippen LogP contribution in [0, 0.1) is 13.8 Å². The molecular weight excluding hydrogens is 582 g/mol. The van der Waals surface area contributed by atoms with E-state index in [1.165, 1.54) is 5.56 Å². The number of aromatic nitrogens is 1. The molecule has 0 bridgehead atoms. The fraction of sp³-hybridized carbons (Fsp3) is 0.206. The van der Waals surface area contributed by atoms with Gasteiger partial charge in [-0.15, -0.1) is 0 Å². The van der Waals surface area contributed by atoms with E-state index in [-0.39, 0.29) is 12.5 Å². The van der Waals surface area contributed by atoms with Crippen molar-refractivity contribution in [3.8, 4) is 11.4 Å². The Hall–Kier alpha value is -4.27. The molecule has 7 nitrogen and oxygen atoms in total. The number of halogens is 1. The van der Waals surface area contributed by atoms with Crippen LogP contribution in [0.4, 0.5) is 4.79 Å². The molecular formula is C34H30ClN3O4S. The highest BCUT2D eigenvalue weighted by atomic mass is 35.5. The number of carbonyl (C=O) groups is 3. The number of imide groups is 1. The third-order valence-electron chi connectivity index (χ3n) is 7.85. The number of benzene rings is 3. The maximum absolute atomic E-state index is 13.2. The molecule has 0 unspecified atom stereocenters. The zero-order chi connectivity index (χ0) is 30.1. The van der Waals surface area contributed by atoms with Crippen LogP contribution >= 0.6 is 23.4 Å². The average Bonchev–Trinajstić information content (AvgIpc) is 3.44. The second kappa shape index (κ2) is 12.1. The van der Waals surface area contributed by atoms with E-state index in [1.807, 2.05) is 86.6 Å². The van der Waals surface area contributed by atoms with Crippen LogP contribution in [-0.2, 0) is 29.2 Å². The van der Waals surface area contributed by atoms with Crippen LogP contribution in [-0.4, -0.2) is 44.5 Å². The Kier molecular flexibility index (Phi) is 8.15. The lowest BCUT2D eigenvalue weighted by Gasteiger charge is -2.29. The van der Waals surface area contributed by atoms with Crippen molar-refractivity contribution in [2.24, 2.45) is 0 Å². The predicted molar refractivity (Wildman–Crippen MR) is 169 cm³/mol. The Balaban J connectivity index is 1.13. The van der Waals surface area contributed by atoms with Crippen LogP contribution < -0.4 is 4.74 Å². The minimum Gasteiger partial charge on any atom is -0.489 e. The van der Waals surface area contributed by atoms with Crippen molar-refractivity contribution in [1.82, 2.24) is 14.4 Å². The highest BCUT2D eigenvalue weighted by molar-refractivity contribution is 8.18. The van der Waals surface area contributed by atoms with E-state index in [4.69, 9.17) is 16.3 Å². The largest absolute Gasteiger partial charge is 0.489 e. The first-order chi connectivity index (χ1) is 20.8. The maximum atomic E-state index is 13.2. The lowest BCUT2D eigenvalue weighted by atomic mass is 10.00. The summed E-state index contributed by atoms with van der Waals surface area (Å²) in [5, 5.41) is 0.242. The molecule has 2 aliphatic heterocycles. The summed E-state index contributed by atoms with van der Waals surface area (Å²) in [4.78, 5) is 42.2. The summed E-state index contributed by atoms with van der Waals surface area (Å²) in [6, 6.07) is 25.4. The molecule has 1 saturated heterocycles. The molecule has 0 atom stereocenters. The molecule has 0 N–H and O–H groups in total. The lowest BCUT2D eigenvalue weighted by molar-refractivity contribution is -0.136. The molecule has 3 amide bonds. The minimum atomic E-state index is -0.439.